The first-order valence-corrected chi connectivity index (χ1v) is 5.72. The van der Waals surface area contributed by atoms with Crippen LogP contribution in [0.25, 0.3) is 0 Å². The lowest BCUT2D eigenvalue weighted by molar-refractivity contribution is 0.410. The van der Waals surface area contributed by atoms with Crippen molar-refractivity contribution in [2.45, 2.75) is 13.5 Å². The summed E-state index contributed by atoms with van der Waals surface area (Å²) in [5.41, 5.74) is -0.361. The van der Waals surface area contributed by atoms with Crippen molar-refractivity contribution in [3.63, 3.8) is 0 Å². The number of rotatable bonds is 3. The molecule has 2 rings (SSSR count). The molecule has 0 aliphatic heterocycles. The van der Waals surface area contributed by atoms with E-state index in [1.165, 1.54) is 11.3 Å². The maximum atomic E-state index is 13.2. The van der Waals surface area contributed by atoms with Crippen molar-refractivity contribution in [1.29, 1.82) is 0 Å². The number of aryl methyl sites for hydroxylation is 1. The van der Waals surface area contributed by atoms with E-state index in [0.717, 1.165) is 5.01 Å². The second-order valence-electron chi connectivity index (χ2n) is 3.41. The van der Waals surface area contributed by atoms with Gasteiger partial charge in [0.1, 0.15) is 5.69 Å². The number of aromatic nitrogens is 2. The van der Waals surface area contributed by atoms with E-state index in [9.17, 15) is 17.6 Å². The molecule has 0 aliphatic carbocycles. The Kier molecular flexibility index (Phi) is 3.46. The average Bonchev–Trinajstić information content (AvgIpc) is 2.73. The fraction of sp³-hybridized carbons (Fsp3) is 0.200. The van der Waals surface area contributed by atoms with Gasteiger partial charge >= 0.3 is 0 Å². The number of nitrogens with zero attached hydrogens (tertiary/aromatic N) is 2. The van der Waals surface area contributed by atoms with Crippen molar-refractivity contribution in [3.8, 4) is 0 Å². The van der Waals surface area contributed by atoms with Crippen molar-refractivity contribution >= 4 is 17.0 Å². The lowest BCUT2D eigenvalue weighted by Gasteiger charge is -2.07. The fourth-order valence-corrected chi connectivity index (χ4v) is 1.92. The van der Waals surface area contributed by atoms with Gasteiger partial charge in [-0.3, -0.25) is 0 Å². The summed E-state index contributed by atoms with van der Waals surface area (Å²) in [6.45, 7) is 1.72. The molecule has 2 aromatic heterocycles. The Morgan fingerprint density at radius 2 is 1.72 bits per heavy atom. The molecule has 8 heteroatoms. The Bertz CT molecular complexity index is 558. The second-order valence-corrected chi connectivity index (χ2v) is 4.47. The van der Waals surface area contributed by atoms with Crippen molar-refractivity contribution < 1.29 is 17.6 Å². The molecule has 18 heavy (non-hydrogen) atoms. The molecule has 2 heterocycles. The first kappa shape index (κ1) is 12.7. The van der Waals surface area contributed by atoms with Crippen LogP contribution in [0.1, 0.15) is 10.7 Å². The molecule has 0 saturated carbocycles. The van der Waals surface area contributed by atoms with Gasteiger partial charge in [-0.05, 0) is 6.92 Å². The summed E-state index contributed by atoms with van der Waals surface area (Å²) in [4.78, 5) is 6.49. The predicted molar refractivity (Wildman–Crippen MR) is 58.2 cm³/mol. The van der Waals surface area contributed by atoms with Gasteiger partial charge in [-0.25, -0.2) is 4.98 Å². The van der Waals surface area contributed by atoms with E-state index in [1.54, 1.807) is 12.3 Å². The molecule has 0 aromatic carbocycles. The largest absolute Gasteiger partial charge is 0.374 e. The third-order valence-electron chi connectivity index (χ3n) is 2.11. The Labute approximate surface area is 104 Å². The highest BCUT2D eigenvalue weighted by Gasteiger charge is 2.20. The van der Waals surface area contributed by atoms with E-state index < -0.39 is 29.2 Å². The van der Waals surface area contributed by atoms with Gasteiger partial charge in [0.25, 0.3) is 11.9 Å². The van der Waals surface area contributed by atoms with Crippen molar-refractivity contribution in [1.82, 2.24) is 9.97 Å². The van der Waals surface area contributed by atoms with Crippen LogP contribution in [-0.4, -0.2) is 9.97 Å². The van der Waals surface area contributed by atoms with Crippen LogP contribution in [0, 0.1) is 30.5 Å². The molecule has 0 bridgehead atoms. The predicted octanol–water partition coefficient (Wildman–Crippen LogP) is 3.02. The summed E-state index contributed by atoms with van der Waals surface area (Å²) in [5.74, 6) is -6.49. The molecule has 96 valence electrons. The number of halogens is 4. The van der Waals surface area contributed by atoms with Crippen LogP contribution < -0.4 is 5.32 Å². The molecule has 1 N–H and O–H groups in total. The lowest BCUT2D eigenvalue weighted by atomic mass is 10.3. The standard InChI is InChI=1S/C10H7F4N3S/c1-4-16-5(3-18-4)2-15-8-6(11)9(13)17-10(14)7(8)12/h3H,2H2,1H3,(H,15,17). The summed E-state index contributed by atoms with van der Waals surface area (Å²) < 4.78 is 52.1. The van der Waals surface area contributed by atoms with Gasteiger partial charge < -0.3 is 5.32 Å². The van der Waals surface area contributed by atoms with Gasteiger partial charge in [-0.1, -0.05) is 0 Å². The summed E-state index contributed by atoms with van der Waals surface area (Å²) in [7, 11) is 0. The topological polar surface area (TPSA) is 37.8 Å². The molecule has 0 atom stereocenters. The number of nitrogens with one attached hydrogen (secondary N) is 1. The summed E-state index contributed by atoms with van der Waals surface area (Å²) >= 11 is 1.36. The summed E-state index contributed by atoms with van der Waals surface area (Å²) in [5, 5.41) is 4.72. The fourth-order valence-electron chi connectivity index (χ4n) is 1.31. The van der Waals surface area contributed by atoms with E-state index in [4.69, 9.17) is 0 Å². The minimum absolute atomic E-state index is 0.0406. The van der Waals surface area contributed by atoms with E-state index in [0.29, 0.717) is 5.69 Å². The SMILES string of the molecule is Cc1nc(CNc2c(F)c(F)nc(F)c2F)cs1. The van der Waals surface area contributed by atoms with Crippen LogP contribution in [0.3, 0.4) is 0 Å². The summed E-state index contributed by atoms with van der Waals surface area (Å²) in [6.07, 6.45) is 0. The van der Waals surface area contributed by atoms with Crippen molar-refractivity contribution in [2.75, 3.05) is 5.32 Å². The highest BCUT2D eigenvalue weighted by Crippen LogP contribution is 2.22. The van der Waals surface area contributed by atoms with Crippen LogP contribution in [0.2, 0.25) is 0 Å². The minimum Gasteiger partial charge on any atom is -0.374 e. The zero-order valence-corrected chi connectivity index (χ0v) is 9.92. The Morgan fingerprint density at radius 3 is 2.22 bits per heavy atom. The third-order valence-corrected chi connectivity index (χ3v) is 2.93. The molecule has 0 spiro atoms. The van der Waals surface area contributed by atoms with Gasteiger partial charge in [-0.15, -0.1) is 11.3 Å². The molecular weight excluding hydrogens is 270 g/mol. The zero-order valence-electron chi connectivity index (χ0n) is 9.10. The molecule has 0 amide bonds. The lowest BCUT2D eigenvalue weighted by Crippen LogP contribution is -2.09. The normalized spacial score (nSPS) is 10.7. The average molecular weight is 277 g/mol. The van der Waals surface area contributed by atoms with Crippen molar-refractivity contribution in [3.05, 3.63) is 39.6 Å². The quantitative estimate of drug-likeness (QED) is 0.692. The number of pyridine rings is 1. The molecule has 0 fully saturated rings. The van der Waals surface area contributed by atoms with Crippen molar-refractivity contribution in [2.24, 2.45) is 0 Å². The van der Waals surface area contributed by atoms with Gasteiger partial charge in [0.15, 0.2) is 0 Å². The Morgan fingerprint density at radius 1 is 1.11 bits per heavy atom. The minimum atomic E-state index is -1.69. The number of thiazole rings is 1. The second kappa shape index (κ2) is 4.89. The highest BCUT2D eigenvalue weighted by molar-refractivity contribution is 7.09. The van der Waals surface area contributed by atoms with Crippen LogP contribution in [-0.2, 0) is 6.54 Å². The molecule has 0 saturated heterocycles. The van der Waals surface area contributed by atoms with Crippen LogP contribution in [0.5, 0.6) is 0 Å². The van der Waals surface area contributed by atoms with Crippen LogP contribution >= 0.6 is 11.3 Å². The Hall–Kier alpha value is -1.70. The molecular formula is C10H7F4N3S. The molecule has 0 aliphatic rings. The number of hydrogen-bond acceptors (Lipinski definition) is 4. The monoisotopic (exact) mass is 277 g/mol. The van der Waals surface area contributed by atoms with E-state index in [1.807, 2.05) is 0 Å². The third kappa shape index (κ3) is 2.42. The first-order chi connectivity index (χ1) is 8.49. The number of hydrogen-bond donors (Lipinski definition) is 1. The van der Waals surface area contributed by atoms with Gasteiger partial charge in [0.05, 0.1) is 17.2 Å². The highest BCUT2D eigenvalue weighted by atomic mass is 32.1. The summed E-state index contributed by atoms with van der Waals surface area (Å²) in [6, 6.07) is 0. The maximum absolute atomic E-state index is 13.2. The molecule has 3 nitrogen and oxygen atoms in total. The maximum Gasteiger partial charge on any atom is 0.253 e. The van der Waals surface area contributed by atoms with Gasteiger partial charge in [0, 0.05) is 5.38 Å². The Balaban J connectivity index is 2.24. The van der Waals surface area contributed by atoms with Crippen LogP contribution in [0.15, 0.2) is 5.38 Å². The zero-order chi connectivity index (χ0) is 13.3. The van der Waals surface area contributed by atoms with Crippen LogP contribution in [0.4, 0.5) is 23.2 Å². The first-order valence-electron chi connectivity index (χ1n) is 4.84. The smallest absolute Gasteiger partial charge is 0.253 e. The van der Waals surface area contributed by atoms with E-state index in [2.05, 4.69) is 15.3 Å². The van der Waals surface area contributed by atoms with Gasteiger partial charge in [0.2, 0.25) is 11.6 Å². The van der Waals surface area contributed by atoms with Gasteiger partial charge in [-0.2, -0.15) is 22.5 Å². The molecule has 0 unspecified atom stereocenters. The number of anilines is 1. The molecule has 0 radical (unpaired) electrons. The molecule has 2 aromatic rings. The van der Waals surface area contributed by atoms with E-state index >= 15 is 0 Å². The van der Waals surface area contributed by atoms with E-state index in [-0.39, 0.29) is 6.54 Å².